The van der Waals surface area contributed by atoms with E-state index in [0.717, 1.165) is 24.1 Å². The van der Waals surface area contributed by atoms with Gasteiger partial charge in [0.05, 0.1) is 12.1 Å². The van der Waals surface area contributed by atoms with Gasteiger partial charge in [-0.15, -0.1) is 0 Å². The molecule has 0 amide bonds. The molecule has 3 aromatic carbocycles. The number of benzene rings is 3. The Labute approximate surface area is 174 Å². The molecule has 0 saturated heterocycles. The van der Waals surface area contributed by atoms with Crippen molar-refractivity contribution in [2.45, 2.75) is 19.6 Å². The van der Waals surface area contributed by atoms with Crippen molar-refractivity contribution in [3.8, 4) is 11.5 Å². The Morgan fingerprint density at radius 1 is 0.931 bits per heavy atom. The van der Waals surface area contributed by atoms with Crippen LogP contribution in [0.3, 0.4) is 0 Å². The average Bonchev–Trinajstić information content (AvgIpc) is 2.72. The molecule has 0 aliphatic rings. The zero-order valence-electron chi connectivity index (χ0n) is 16.1. The van der Waals surface area contributed by atoms with E-state index in [-0.39, 0.29) is 12.4 Å². The van der Waals surface area contributed by atoms with Crippen LogP contribution in [0, 0.1) is 11.6 Å². The predicted octanol–water partition coefficient (Wildman–Crippen LogP) is 5.54. The summed E-state index contributed by atoms with van der Waals surface area (Å²) in [7, 11) is 1.56. The fourth-order valence-electron chi connectivity index (χ4n) is 2.88. The summed E-state index contributed by atoms with van der Waals surface area (Å²) >= 11 is 6.04. The lowest BCUT2D eigenvalue weighted by Crippen LogP contribution is -2.16. The van der Waals surface area contributed by atoms with E-state index in [0.29, 0.717) is 28.6 Å². The maximum atomic E-state index is 13.9. The van der Waals surface area contributed by atoms with E-state index in [9.17, 15) is 8.78 Å². The first-order chi connectivity index (χ1) is 14.1. The SMILES string of the molecule is COc1cc(CNCCc2ccc(F)cc2)ccc1OCc1c(F)cccc1Cl. The third kappa shape index (κ3) is 5.92. The largest absolute Gasteiger partial charge is 0.493 e. The maximum Gasteiger partial charge on any atom is 0.161 e. The lowest BCUT2D eigenvalue weighted by atomic mass is 10.1. The second-order valence-corrected chi connectivity index (χ2v) is 6.93. The summed E-state index contributed by atoms with van der Waals surface area (Å²) in [6.07, 6.45) is 0.808. The van der Waals surface area contributed by atoms with Gasteiger partial charge < -0.3 is 14.8 Å². The summed E-state index contributed by atoms with van der Waals surface area (Å²) in [5, 5.41) is 3.68. The van der Waals surface area contributed by atoms with Crippen molar-refractivity contribution in [3.63, 3.8) is 0 Å². The molecule has 0 heterocycles. The summed E-state index contributed by atoms with van der Waals surface area (Å²) < 4.78 is 38.0. The highest BCUT2D eigenvalue weighted by Crippen LogP contribution is 2.30. The molecule has 3 rings (SSSR count). The van der Waals surface area contributed by atoms with Gasteiger partial charge in [-0.25, -0.2) is 8.78 Å². The molecule has 152 valence electrons. The van der Waals surface area contributed by atoms with Crippen molar-refractivity contribution in [1.82, 2.24) is 5.32 Å². The number of hydrogen-bond acceptors (Lipinski definition) is 3. The monoisotopic (exact) mass is 417 g/mol. The minimum Gasteiger partial charge on any atom is -0.493 e. The molecule has 0 aromatic heterocycles. The van der Waals surface area contributed by atoms with Gasteiger partial charge in [-0.1, -0.05) is 35.9 Å². The molecule has 0 bridgehead atoms. The Balaban J connectivity index is 1.54. The summed E-state index contributed by atoms with van der Waals surface area (Å²) in [6.45, 7) is 1.42. The Morgan fingerprint density at radius 3 is 2.41 bits per heavy atom. The molecular formula is C23H22ClF2NO2. The fraction of sp³-hybridized carbons (Fsp3) is 0.217. The van der Waals surface area contributed by atoms with Crippen molar-refractivity contribution < 1.29 is 18.3 Å². The third-order valence-electron chi connectivity index (χ3n) is 4.49. The third-order valence-corrected chi connectivity index (χ3v) is 4.85. The van der Waals surface area contributed by atoms with E-state index in [1.54, 1.807) is 37.4 Å². The quantitative estimate of drug-likeness (QED) is 0.464. The number of ether oxygens (including phenoxy) is 2. The molecule has 3 aromatic rings. The Morgan fingerprint density at radius 2 is 1.69 bits per heavy atom. The first-order valence-corrected chi connectivity index (χ1v) is 9.62. The van der Waals surface area contributed by atoms with Gasteiger partial charge in [-0.2, -0.15) is 0 Å². The summed E-state index contributed by atoms with van der Waals surface area (Å²) in [4.78, 5) is 0. The molecule has 0 fully saturated rings. The van der Waals surface area contributed by atoms with Crippen LogP contribution in [-0.4, -0.2) is 13.7 Å². The van der Waals surface area contributed by atoms with Gasteiger partial charge in [0.2, 0.25) is 0 Å². The molecule has 0 radical (unpaired) electrons. The highest BCUT2D eigenvalue weighted by atomic mass is 35.5. The van der Waals surface area contributed by atoms with E-state index in [4.69, 9.17) is 21.1 Å². The molecule has 0 aliphatic heterocycles. The van der Waals surface area contributed by atoms with Gasteiger partial charge in [0, 0.05) is 12.1 Å². The van der Waals surface area contributed by atoms with Gasteiger partial charge in [0.15, 0.2) is 11.5 Å². The van der Waals surface area contributed by atoms with Crippen LogP contribution in [0.15, 0.2) is 60.7 Å². The van der Waals surface area contributed by atoms with Crippen LogP contribution in [0.4, 0.5) is 8.78 Å². The van der Waals surface area contributed by atoms with Crippen molar-refractivity contribution in [3.05, 3.63) is 94.0 Å². The van der Waals surface area contributed by atoms with Crippen molar-refractivity contribution >= 4 is 11.6 Å². The fourth-order valence-corrected chi connectivity index (χ4v) is 3.10. The Bertz CT molecular complexity index is 928. The zero-order valence-corrected chi connectivity index (χ0v) is 16.8. The van der Waals surface area contributed by atoms with Gasteiger partial charge in [0.1, 0.15) is 18.2 Å². The standard InChI is InChI=1S/C23H22ClF2NO2/c1-28-23-13-17(14-27-12-11-16-5-8-18(25)9-6-16)7-10-22(23)29-15-19-20(24)3-2-4-21(19)26/h2-10,13,27H,11-12,14-15H2,1H3. The summed E-state index contributed by atoms with van der Waals surface area (Å²) in [5.41, 5.74) is 2.41. The van der Waals surface area contributed by atoms with E-state index in [1.807, 2.05) is 12.1 Å². The first-order valence-electron chi connectivity index (χ1n) is 9.24. The maximum absolute atomic E-state index is 13.9. The van der Waals surface area contributed by atoms with Crippen LogP contribution in [0.25, 0.3) is 0 Å². The van der Waals surface area contributed by atoms with Crippen molar-refractivity contribution in [2.75, 3.05) is 13.7 Å². The number of hydrogen-bond donors (Lipinski definition) is 1. The average molecular weight is 418 g/mol. The molecule has 3 nitrogen and oxygen atoms in total. The molecule has 0 spiro atoms. The smallest absolute Gasteiger partial charge is 0.161 e. The van der Waals surface area contributed by atoms with Crippen LogP contribution in [0.1, 0.15) is 16.7 Å². The topological polar surface area (TPSA) is 30.5 Å². The van der Waals surface area contributed by atoms with E-state index < -0.39 is 5.82 Å². The number of methoxy groups -OCH3 is 1. The van der Waals surface area contributed by atoms with Crippen LogP contribution >= 0.6 is 11.6 Å². The molecular weight excluding hydrogens is 396 g/mol. The van der Waals surface area contributed by atoms with Crippen molar-refractivity contribution in [1.29, 1.82) is 0 Å². The first kappa shape index (κ1) is 21.1. The van der Waals surface area contributed by atoms with Gasteiger partial charge >= 0.3 is 0 Å². The van der Waals surface area contributed by atoms with Crippen LogP contribution in [-0.2, 0) is 19.6 Å². The Kier molecular flexibility index (Phi) is 7.44. The number of halogens is 3. The highest BCUT2D eigenvalue weighted by Gasteiger charge is 2.11. The number of rotatable bonds is 9. The van der Waals surface area contributed by atoms with Crippen LogP contribution in [0.5, 0.6) is 11.5 Å². The summed E-state index contributed by atoms with van der Waals surface area (Å²) in [5.74, 6) is 0.448. The van der Waals surface area contributed by atoms with E-state index in [1.165, 1.54) is 18.2 Å². The van der Waals surface area contributed by atoms with Gasteiger partial charge in [0.25, 0.3) is 0 Å². The highest BCUT2D eigenvalue weighted by molar-refractivity contribution is 6.31. The molecule has 1 N–H and O–H groups in total. The summed E-state index contributed by atoms with van der Waals surface area (Å²) in [6, 6.07) is 16.6. The van der Waals surface area contributed by atoms with Crippen LogP contribution < -0.4 is 14.8 Å². The number of nitrogens with one attached hydrogen (secondary N) is 1. The minimum atomic E-state index is -0.404. The normalized spacial score (nSPS) is 10.8. The molecule has 29 heavy (non-hydrogen) atoms. The van der Waals surface area contributed by atoms with Crippen molar-refractivity contribution in [2.24, 2.45) is 0 Å². The minimum absolute atomic E-state index is 0.0110. The Hall–Kier alpha value is -2.63. The lowest BCUT2D eigenvalue weighted by molar-refractivity contribution is 0.279. The second-order valence-electron chi connectivity index (χ2n) is 6.53. The van der Waals surface area contributed by atoms with E-state index >= 15 is 0 Å². The zero-order chi connectivity index (χ0) is 20.6. The molecule has 0 unspecified atom stereocenters. The van der Waals surface area contributed by atoms with Gasteiger partial charge in [-0.3, -0.25) is 0 Å². The van der Waals surface area contributed by atoms with Gasteiger partial charge in [-0.05, 0) is 60.5 Å². The second kappa shape index (κ2) is 10.2. The molecule has 0 saturated carbocycles. The predicted molar refractivity (Wildman–Crippen MR) is 111 cm³/mol. The van der Waals surface area contributed by atoms with Crippen LogP contribution in [0.2, 0.25) is 5.02 Å². The lowest BCUT2D eigenvalue weighted by Gasteiger charge is -2.14. The molecule has 6 heteroatoms. The molecule has 0 atom stereocenters. The molecule has 0 aliphatic carbocycles. The van der Waals surface area contributed by atoms with E-state index in [2.05, 4.69) is 5.32 Å².